The first-order valence-electron chi connectivity index (χ1n) is 10.6. The molecule has 154 valence electrons. The quantitative estimate of drug-likeness (QED) is 0.655. The van der Waals surface area contributed by atoms with E-state index in [-0.39, 0.29) is 5.91 Å². The minimum atomic E-state index is -0.0180. The second kappa shape index (κ2) is 7.89. The fourth-order valence-electron chi connectivity index (χ4n) is 4.46. The van der Waals surface area contributed by atoms with E-state index in [9.17, 15) is 4.79 Å². The van der Waals surface area contributed by atoms with Crippen LogP contribution in [0, 0.1) is 0 Å². The minimum absolute atomic E-state index is 0.0180. The molecule has 0 unspecified atom stereocenters. The summed E-state index contributed by atoms with van der Waals surface area (Å²) in [4.78, 5) is 25.8. The number of hydrogen-bond donors (Lipinski definition) is 0. The lowest BCUT2D eigenvalue weighted by Crippen LogP contribution is -2.36. The van der Waals surface area contributed by atoms with Crippen molar-refractivity contribution in [1.29, 1.82) is 0 Å². The Kier molecular flexibility index (Phi) is 4.94. The third-order valence-electron chi connectivity index (χ3n) is 6.15. The summed E-state index contributed by atoms with van der Waals surface area (Å²) in [6.45, 7) is 2.13. The van der Waals surface area contributed by atoms with Gasteiger partial charge in [-0.15, -0.1) is 0 Å². The molecule has 1 aromatic carbocycles. The maximum absolute atomic E-state index is 12.9. The van der Waals surface area contributed by atoms with Crippen LogP contribution in [0.2, 0.25) is 0 Å². The topological polar surface area (TPSA) is 67.2 Å². The zero-order chi connectivity index (χ0) is 20.5. The average Bonchev–Trinajstić information content (AvgIpc) is 3.50. The first kappa shape index (κ1) is 18.8. The van der Waals surface area contributed by atoms with Gasteiger partial charge < -0.3 is 9.80 Å². The van der Waals surface area contributed by atoms with Crippen molar-refractivity contribution in [2.45, 2.75) is 51.4 Å². The summed E-state index contributed by atoms with van der Waals surface area (Å²) >= 11 is 0. The summed E-state index contributed by atoms with van der Waals surface area (Å²) in [6, 6.07) is 12.4. The molecule has 1 amide bonds. The van der Waals surface area contributed by atoms with E-state index in [1.807, 2.05) is 34.8 Å². The molecule has 5 rings (SSSR count). The molecule has 3 heterocycles. The van der Waals surface area contributed by atoms with E-state index in [1.165, 1.54) is 24.0 Å². The van der Waals surface area contributed by atoms with Crippen LogP contribution >= 0.6 is 0 Å². The van der Waals surface area contributed by atoms with E-state index in [0.29, 0.717) is 30.8 Å². The Balaban J connectivity index is 1.27. The number of amides is 1. The van der Waals surface area contributed by atoms with Crippen LogP contribution in [0.4, 0.5) is 5.95 Å². The number of nitrogens with zero attached hydrogens (tertiary/aromatic N) is 6. The lowest BCUT2D eigenvalue weighted by Gasteiger charge is -2.24. The molecule has 1 aliphatic heterocycles. The number of hydrogen-bond acceptors (Lipinski definition) is 5. The van der Waals surface area contributed by atoms with E-state index in [0.717, 1.165) is 25.1 Å². The monoisotopic (exact) mass is 402 g/mol. The van der Waals surface area contributed by atoms with Gasteiger partial charge in [0, 0.05) is 37.6 Å². The fraction of sp³-hybridized carbons (Fsp3) is 0.391. The largest absolute Gasteiger partial charge is 0.337 e. The number of fused-ring (bicyclic) bond motifs is 1. The minimum Gasteiger partial charge on any atom is -0.337 e. The molecule has 2 aromatic heterocycles. The lowest BCUT2D eigenvalue weighted by atomic mass is 10.2. The molecule has 30 heavy (non-hydrogen) atoms. The van der Waals surface area contributed by atoms with Gasteiger partial charge in [-0.05, 0) is 24.5 Å². The highest BCUT2D eigenvalue weighted by molar-refractivity contribution is 5.92. The summed E-state index contributed by atoms with van der Waals surface area (Å²) in [5.41, 5.74) is 3.94. The normalized spacial score (nSPS) is 16.1. The van der Waals surface area contributed by atoms with E-state index in [1.54, 1.807) is 12.3 Å². The summed E-state index contributed by atoms with van der Waals surface area (Å²) in [5.74, 6) is 0.573. The molecule has 7 nitrogen and oxygen atoms in total. The number of anilines is 1. The maximum atomic E-state index is 12.9. The van der Waals surface area contributed by atoms with E-state index < -0.39 is 0 Å². The van der Waals surface area contributed by atoms with Crippen LogP contribution in [0.3, 0.4) is 0 Å². The van der Waals surface area contributed by atoms with Crippen LogP contribution < -0.4 is 4.90 Å². The molecule has 7 heteroatoms. The molecule has 0 radical (unpaired) electrons. The van der Waals surface area contributed by atoms with Gasteiger partial charge in [-0.3, -0.25) is 9.48 Å². The van der Waals surface area contributed by atoms with Crippen LogP contribution in [0.15, 0.2) is 48.8 Å². The number of carbonyl (C=O) groups excluding carboxylic acids is 1. The number of rotatable bonds is 5. The van der Waals surface area contributed by atoms with Crippen LogP contribution in [0.25, 0.3) is 0 Å². The van der Waals surface area contributed by atoms with E-state index in [2.05, 4.69) is 33.2 Å². The predicted octanol–water partition coefficient (Wildman–Crippen LogP) is 3.26. The molecule has 0 atom stereocenters. The Morgan fingerprint density at radius 2 is 1.93 bits per heavy atom. The number of carbonyl (C=O) groups is 1. The SMILES string of the molecule is CN(C(=O)c1ccnc(N2Cc3cn(Cc4ccccc4)nc3C2)n1)C1CCCC1. The predicted molar refractivity (Wildman–Crippen MR) is 114 cm³/mol. The Labute approximate surface area is 176 Å². The second-order valence-electron chi connectivity index (χ2n) is 8.24. The van der Waals surface area contributed by atoms with Gasteiger partial charge in [0.25, 0.3) is 5.91 Å². The molecule has 0 N–H and O–H groups in total. The smallest absolute Gasteiger partial charge is 0.272 e. The van der Waals surface area contributed by atoms with Gasteiger partial charge in [-0.2, -0.15) is 5.10 Å². The Morgan fingerprint density at radius 1 is 1.13 bits per heavy atom. The summed E-state index contributed by atoms with van der Waals surface area (Å²) < 4.78 is 1.99. The number of benzene rings is 1. The van der Waals surface area contributed by atoms with Crippen molar-refractivity contribution in [1.82, 2.24) is 24.6 Å². The summed E-state index contributed by atoms with van der Waals surface area (Å²) in [6.07, 6.45) is 8.35. The van der Waals surface area contributed by atoms with Gasteiger partial charge in [0.2, 0.25) is 5.95 Å². The van der Waals surface area contributed by atoms with Crippen LogP contribution in [0.5, 0.6) is 0 Å². The van der Waals surface area contributed by atoms with Crippen molar-refractivity contribution in [3.63, 3.8) is 0 Å². The number of aromatic nitrogens is 4. The van der Waals surface area contributed by atoms with Crippen molar-refractivity contribution in [2.24, 2.45) is 0 Å². The molecular formula is C23H26N6O. The van der Waals surface area contributed by atoms with Crippen molar-refractivity contribution in [2.75, 3.05) is 11.9 Å². The maximum Gasteiger partial charge on any atom is 0.272 e. The Morgan fingerprint density at radius 3 is 2.70 bits per heavy atom. The van der Waals surface area contributed by atoms with Gasteiger partial charge in [0.1, 0.15) is 5.69 Å². The van der Waals surface area contributed by atoms with Crippen LogP contribution in [-0.4, -0.2) is 43.6 Å². The second-order valence-corrected chi connectivity index (χ2v) is 8.24. The highest BCUT2D eigenvalue weighted by Gasteiger charge is 2.28. The molecule has 2 aliphatic rings. The molecule has 0 saturated heterocycles. The van der Waals surface area contributed by atoms with E-state index >= 15 is 0 Å². The van der Waals surface area contributed by atoms with Crippen LogP contribution in [-0.2, 0) is 19.6 Å². The molecule has 1 saturated carbocycles. The third kappa shape index (κ3) is 3.67. The van der Waals surface area contributed by atoms with Crippen molar-refractivity contribution >= 4 is 11.9 Å². The summed E-state index contributed by atoms with van der Waals surface area (Å²) in [7, 11) is 1.89. The van der Waals surface area contributed by atoms with Gasteiger partial charge in [-0.1, -0.05) is 43.2 Å². The first-order valence-corrected chi connectivity index (χ1v) is 10.6. The standard InChI is InChI=1S/C23H26N6O/c1-27(19-9-5-6-10-19)22(30)20-11-12-24-23(25-20)28-14-18-15-29(26-21(18)16-28)13-17-7-3-2-4-8-17/h2-4,7-8,11-12,15,19H,5-6,9-10,13-14,16H2,1H3. The highest BCUT2D eigenvalue weighted by Crippen LogP contribution is 2.26. The summed E-state index contributed by atoms with van der Waals surface area (Å²) in [5, 5.41) is 4.74. The Bertz CT molecular complexity index is 1020. The fourth-order valence-corrected chi connectivity index (χ4v) is 4.46. The van der Waals surface area contributed by atoms with Crippen molar-refractivity contribution in [3.8, 4) is 0 Å². The molecule has 0 bridgehead atoms. The van der Waals surface area contributed by atoms with Crippen molar-refractivity contribution < 1.29 is 4.79 Å². The van der Waals surface area contributed by atoms with Gasteiger partial charge >= 0.3 is 0 Å². The molecule has 0 spiro atoms. The van der Waals surface area contributed by atoms with Gasteiger partial charge in [0.15, 0.2) is 0 Å². The lowest BCUT2D eigenvalue weighted by molar-refractivity contribution is 0.0729. The zero-order valence-corrected chi connectivity index (χ0v) is 17.2. The zero-order valence-electron chi connectivity index (χ0n) is 17.2. The van der Waals surface area contributed by atoms with Crippen molar-refractivity contribution in [3.05, 3.63) is 71.3 Å². The van der Waals surface area contributed by atoms with Crippen LogP contribution in [0.1, 0.15) is 53.0 Å². The molecular weight excluding hydrogens is 376 g/mol. The molecule has 1 aliphatic carbocycles. The highest BCUT2D eigenvalue weighted by atomic mass is 16.2. The molecule has 3 aromatic rings. The first-order chi connectivity index (χ1) is 14.7. The third-order valence-corrected chi connectivity index (χ3v) is 6.15. The average molecular weight is 403 g/mol. The molecule has 1 fully saturated rings. The van der Waals surface area contributed by atoms with E-state index in [4.69, 9.17) is 5.10 Å². The van der Waals surface area contributed by atoms with Gasteiger partial charge in [0.05, 0.1) is 18.8 Å². The van der Waals surface area contributed by atoms with Gasteiger partial charge in [-0.25, -0.2) is 9.97 Å². The Hall–Kier alpha value is -3.22.